The first kappa shape index (κ1) is 19.7. The smallest absolute Gasteiger partial charge is 0.191 e. The number of nitrogens with one attached hydrogen (secondary N) is 2. The summed E-state index contributed by atoms with van der Waals surface area (Å²) in [6.07, 6.45) is 3.17. The van der Waals surface area contributed by atoms with Gasteiger partial charge >= 0.3 is 0 Å². The number of rotatable bonds is 7. The van der Waals surface area contributed by atoms with Gasteiger partial charge in [0.1, 0.15) is 0 Å². The molecule has 0 saturated carbocycles. The monoisotopic (exact) mass is 385 g/mol. The molecule has 0 amide bonds. The van der Waals surface area contributed by atoms with Crippen LogP contribution < -0.4 is 15.5 Å². The molecule has 0 spiro atoms. The first-order chi connectivity index (χ1) is 13.1. The zero-order valence-electron chi connectivity index (χ0n) is 16.7. The molecule has 0 bridgehead atoms. The summed E-state index contributed by atoms with van der Waals surface area (Å²) in [5, 5.41) is 10.3. The fourth-order valence-corrected chi connectivity index (χ4v) is 4.14. The second kappa shape index (κ2) is 9.74. The van der Waals surface area contributed by atoms with Gasteiger partial charge in [-0.05, 0) is 45.7 Å². The van der Waals surface area contributed by atoms with Crippen molar-refractivity contribution in [1.29, 1.82) is 0 Å². The van der Waals surface area contributed by atoms with E-state index in [0.717, 1.165) is 57.1 Å². The molecule has 1 atom stereocenters. The highest BCUT2D eigenvalue weighted by Gasteiger charge is 2.23. The summed E-state index contributed by atoms with van der Waals surface area (Å²) in [5.74, 6) is 0.934. The van der Waals surface area contributed by atoms with E-state index >= 15 is 0 Å². The number of anilines is 1. The van der Waals surface area contributed by atoms with Crippen molar-refractivity contribution in [3.63, 3.8) is 0 Å². The average molecular weight is 386 g/mol. The molecular weight excluding hydrogens is 354 g/mol. The molecule has 1 aliphatic rings. The van der Waals surface area contributed by atoms with Gasteiger partial charge in [0.2, 0.25) is 0 Å². The van der Waals surface area contributed by atoms with Crippen LogP contribution in [0.2, 0.25) is 0 Å². The van der Waals surface area contributed by atoms with Crippen molar-refractivity contribution in [2.45, 2.75) is 46.1 Å². The molecule has 3 rings (SSSR count). The number of benzene rings is 1. The maximum Gasteiger partial charge on any atom is 0.191 e. The van der Waals surface area contributed by atoms with Gasteiger partial charge in [-0.25, -0.2) is 4.98 Å². The normalized spacial score (nSPS) is 17.4. The standard InChI is InChI=1S/C21H31N5S/c1-4-22-21(23-12-5-6-20-24-17(3)15-27-20)25-18-11-13-26(14-18)19-9-7-16(2)8-10-19/h7-10,15,18H,4-6,11-14H2,1-3H3,(H2,22,23,25). The van der Waals surface area contributed by atoms with Crippen molar-refractivity contribution < 1.29 is 0 Å². The topological polar surface area (TPSA) is 52.6 Å². The molecule has 27 heavy (non-hydrogen) atoms. The van der Waals surface area contributed by atoms with Gasteiger partial charge in [0, 0.05) is 55.4 Å². The highest BCUT2D eigenvalue weighted by atomic mass is 32.1. The van der Waals surface area contributed by atoms with Gasteiger partial charge in [-0.2, -0.15) is 0 Å². The lowest BCUT2D eigenvalue weighted by atomic mass is 10.2. The summed E-state index contributed by atoms with van der Waals surface area (Å²) in [6.45, 7) is 10.1. The lowest BCUT2D eigenvalue weighted by Crippen LogP contribution is -2.44. The fraction of sp³-hybridized carbons (Fsp3) is 0.524. The van der Waals surface area contributed by atoms with Gasteiger partial charge < -0.3 is 15.5 Å². The van der Waals surface area contributed by atoms with Crippen molar-refractivity contribution in [3.8, 4) is 0 Å². The third-order valence-electron chi connectivity index (χ3n) is 4.76. The number of thiazole rings is 1. The Morgan fingerprint density at radius 3 is 2.81 bits per heavy atom. The van der Waals surface area contributed by atoms with E-state index < -0.39 is 0 Å². The van der Waals surface area contributed by atoms with Crippen molar-refractivity contribution >= 4 is 23.0 Å². The number of hydrogen-bond acceptors (Lipinski definition) is 4. The van der Waals surface area contributed by atoms with E-state index in [2.05, 4.69) is 64.0 Å². The maximum atomic E-state index is 4.76. The second-order valence-corrected chi connectivity index (χ2v) is 8.10. The van der Waals surface area contributed by atoms with Crippen LogP contribution in [0.25, 0.3) is 0 Å². The highest BCUT2D eigenvalue weighted by Crippen LogP contribution is 2.20. The third-order valence-corrected chi connectivity index (χ3v) is 5.78. The van der Waals surface area contributed by atoms with Crippen LogP contribution in [0.4, 0.5) is 5.69 Å². The Hall–Kier alpha value is -2.08. The van der Waals surface area contributed by atoms with Crippen LogP contribution >= 0.6 is 11.3 Å². The second-order valence-electron chi connectivity index (χ2n) is 7.16. The lowest BCUT2D eigenvalue weighted by Gasteiger charge is -2.20. The van der Waals surface area contributed by atoms with E-state index in [0.29, 0.717) is 6.04 Å². The maximum absolute atomic E-state index is 4.76. The van der Waals surface area contributed by atoms with Crippen molar-refractivity contribution in [1.82, 2.24) is 15.6 Å². The Morgan fingerprint density at radius 2 is 2.11 bits per heavy atom. The highest BCUT2D eigenvalue weighted by molar-refractivity contribution is 7.09. The number of aliphatic imine (C=N–C) groups is 1. The van der Waals surface area contributed by atoms with E-state index in [4.69, 9.17) is 4.99 Å². The van der Waals surface area contributed by atoms with E-state index in [9.17, 15) is 0 Å². The fourth-order valence-electron chi connectivity index (χ4n) is 3.32. The van der Waals surface area contributed by atoms with Crippen LogP contribution in [0.3, 0.4) is 0 Å². The van der Waals surface area contributed by atoms with Crippen molar-refractivity contribution in [3.05, 3.63) is 45.9 Å². The molecule has 1 saturated heterocycles. The zero-order valence-corrected chi connectivity index (χ0v) is 17.5. The predicted octanol–water partition coefficient (Wildman–Crippen LogP) is 3.53. The molecule has 146 valence electrons. The SMILES string of the molecule is CCNC(=NCCCc1nc(C)cs1)NC1CCN(c2ccc(C)cc2)C1. The first-order valence-electron chi connectivity index (χ1n) is 9.91. The van der Waals surface area contributed by atoms with Gasteiger partial charge in [-0.1, -0.05) is 17.7 Å². The largest absolute Gasteiger partial charge is 0.369 e. The molecule has 1 aliphatic heterocycles. The molecule has 1 aromatic heterocycles. The van der Waals surface area contributed by atoms with Crippen molar-refractivity contribution in [2.75, 3.05) is 31.1 Å². The van der Waals surface area contributed by atoms with Crippen LogP contribution in [0.5, 0.6) is 0 Å². The molecule has 1 fully saturated rings. The van der Waals surface area contributed by atoms with Gasteiger partial charge in [0.05, 0.1) is 5.01 Å². The summed E-state index contributed by atoms with van der Waals surface area (Å²) < 4.78 is 0. The summed E-state index contributed by atoms with van der Waals surface area (Å²) in [6, 6.07) is 9.25. The summed E-state index contributed by atoms with van der Waals surface area (Å²) in [5.41, 5.74) is 3.74. The third kappa shape index (κ3) is 5.96. The van der Waals surface area contributed by atoms with E-state index in [1.54, 1.807) is 11.3 Å². The van der Waals surface area contributed by atoms with Gasteiger partial charge in [-0.3, -0.25) is 4.99 Å². The minimum atomic E-state index is 0.436. The minimum absolute atomic E-state index is 0.436. The number of guanidine groups is 1. The molecule has 1 aromatic carbocycles. The number of aryl methyl sites for hydroxylation is 3. The summed E-state index contributed by atoms with van der Waals surface area (Å²) in [4.78, 5) is 11.7. The van der Waals surface area contributed by atoms with E-state index in [-0.39, 0.29) is 0 Å². The van der Waals surface area contributed by atoms with Crippen LogP contribution in [0.15, 0.2) is 34.6 Å². The van der Waals surface area contributed by atoms with Crippen molar-refractivity contribution in [2.24, 2.45) is 4.99 Å². The van der Waals surface area contributed by atoms with E-state index in [1.165, 1.54) is 16.3 Å². The lowest BCUT2D eigenvalue weighted by molar-refractivity contribution is 0.647. The van der Waals surface area contributed by atoms with Gasteiger partial charge in [-0.15, -0.1) is 11.3 Å². The average Bonchev–Trinajstić information content (AvgIpc) is 3.28. The van der Waals surface area contributed by atoms with Crippen LogP contribution in [-0.4, -0.2) is 43.2 Å². The molecule has 0 radical (unpaired) electrons. The van der Waals surface area contributed by atoms with Gasteiger partial charge in [0.25, 0.3) is 0 Å². The Bertz CT molecular complexity index is 737. The molecule has 6 heteroatoms. The molecule has 1 unspecified atom stereocenters. The molecule has 0 aliphatic carbocycles. The van der Waals surface area contributed by atoms with Crippen LogP contribution in [0.1, 0.15) is 36.0 Å². The van der Waals surface area contributed by atoms with E-state index in [1.807, 2.05) is 6.92 Å². The Kier molecular flexibility index (Phi) is 7.10. The molecule has 5 nitrogen and oxygen atoms in total. The zero-order chi connectivity index (χ0) is 19.1. The van der Waals surface area contributed by atoms with Crippen LogP contribution in [0, 0.1) is 13.8 Å². The minimum Gasteiger partial charge on any atom is -0.369 e. The summed E-state index contributed by atoms with van der Waals surface area (Å²) >= 11 is 1.75. The molecule has 2 N–H and O–H groups in total. The number of nitrogens with zero attached hydrogens (tertiary/aromatic N) is 3. The number of aromatic nitrogens is 1. The molecule has 2 heterocycles. The molecular formula is C21H31N5S. The van der Waals surface area contributed by atoms with Crippen LogP contribution in [-0.2, 0) is 6.42 Å². The predicted molar refractivity (Wildman–Crippen MR) is 116 cm³/mol. The Morgan fingerprint density at radius 1 is 1.30 bits per heavy atom. The Balaban J connectivity index is 1.47. The summed E-state index contributed by atoms with van der Waals surface area (Å²) in [7, 11) is 0. The quantitative estimate of drug-likeness (QED) is 0.435. The Labute approximate surface area is 166 Å². The number of hydrogen-bond donors (Lipinski definition) is 2. The first-order valence-corrected chi connectivity index (χ1v) is 10.8. The molecule has 2 aromatic rings. The van der Waals surface area contributed by atoms with Gasteiger partial charge in [0.15, 0.2) is 5.96 Å².